The maximum Gasteiger partial charge on any atom is 0.220 e. The van der Waals surface area contributed by atoms with Crippen LogP contribution in [0.3, 0.4) is 0 Å². The lowest BCUT2D eigenvalue weighted by atomic mass is 10.2. The zero-order valence-corrected chi connectivity index (χ0v) is 7.95. The van der Waals surface area contributed by atoms with E-state index in [0.29, 0.717) is 17.9 Å². The van der Waals surface area contributed by atoms with Crippen molar-refractivity contribution in [1.82, 2.24) is 5.32 Å². The Hall–Kier alpha value is -0.580. The normalized spacial score (nSPS) is 28.1. The second-order valence-corrected chi connectivity index (χ2v) is 5.60. The first kappa shape index (κ1) is 9.51. The zero-order valence-electron chi connectivity index (χ0n) is 7.13. The monoisotopic (exact) mass is 190 g/mol. The molecule has 4 nitrogen and oxygen atoms in total. The van der Waals surface area contributed by atoms with Crippen molar-refractivity contribution in [2.24, 2.45) is 0 Å². The van der Waals surface area contributed by atoms with Crippen molar-refractivity contribution in [2.75, 3.05) is 11.5 Å². The third-order valence-corrected chi connectivity index (χ3v) is 3.90. The van der Waals surface area contributed by atoms with Gasteiger partial charge in [-0.2, -0.15) is 0 Å². The smallest absolute Gasteiger partial charge is 0.220 e. The second kappa shape index (κ2) is 3.43. The third-order valence-electron chi connectivity index (χ3n) is 2.02. The van der Waals surface area contributed by atoms with Crippen molar-refractivity contribution < 1.29 is 9.00 Å². The summed E-state index contributed by atoms with van der Waals surface area (Å²) < 4.78 is 18.7. The van der Waals surface area contributed by atoms with Crippen molar-refractivity contribution >= 4 is 15.6 Å². The molecule has 1 heterocycles. The fourth-order valence-corrected chi connectivity index (χ4v) is 2.38. The number of nitrogens with one attached hydrogen (secondary N) is 2. The molecule has 12 heavy (non-hydrogen) atoms. The van der Waals surface area contributed by atoms with E-state index in [1.807, 2.05) is 0 Å². The predicted octanol–water partition coefficient (Wildman–Crippen LogP) is 0.332. The van der Waals surface area contributed by atoms with Gasteiger partial charge in [0.1, 0.15) is 0 Å². The number of rotatable bonds is 3. The molecule has 1 saturated heterocycles. The molecule has 1 aliphatic rings. The van der Waals surface area contributed by atoms with E-state index >= 15 is 0 Å². The summed E-state index contributed by atoms with van der Waals surface area (Å²) in [6, 6.07) is -0.0255. The number of hydrogen-bond acceptors (Lipinski definition) is 3. The summed E-state index contributed by atoms with van der Waals surface area (Å²) in [6.07, 6.45) is 1.25. The molecule has 1 aliphatic heterocycles. The number of amides is 1. The average Bonchev–Trinajstić information content (AvgIpc) is 2.35. The standard InChI is InChI=1S/C7H14N2O2S/c1-2-12(8,11)5-6-3-4-7(10)9-6/h6,8H,2-5H2,1H3,(H,9,10)/t6-,12?/m1/s1. The van der Waals surface area contributed by atoms with E-state index in [9.17, 15) is 9.00 Å². The second-order valence-electron chi connectivity index (χ2n) is 3.07. The fraction of sp³-hybridized carbons (Fsp3) is 0.857. The van der Waals surface area contributed by atoms with Crippen LogP contribution in [0.25, 0.3) is 0 Å². The lowest BCUT2D eigenvalue weighted by Gasteiger charge is -2.10. The molecule has 1 amide bonds. The Balaban J connectivity index is 2.48. The molecule has 0 aliphatic carbocycles. The SMILES string of the molecule is CCS(=N)(=O)C[C@H]1CCC(=O)N1. The van der Waals surface area contributed by atoms with Crippen molar-refractivity contribution in [3.8, 4) is 0 Å². The van der Waals surface area contributed by atoms with E-state index in [-0.39, 0.29) is 11.9 Å². The molecule has 2 N–H and O–H groups in total. The summed E-state index contributed by atoms with van der Waals surface area (Å²) in [5.41, 5.74) is 0. The van der Waals surface area contributed by atoms with Crippen LogP contribution in [0.2, 0.25) is 0 Å². The third kappa shape index (κ3) is 2.48. The van der Waals surface area contributed by atoms with Crippen molar-refractivity contribution in [3.63, 3.8) is 0 Å². The summed E-state index contributed by atoms with van der Waals surface area (Å²) in [4.78, 5) is 10.8. The van der Waals surface area contributed by atoms with Crippen LogP contribution in [0.1, 0.15) is 19.8 Å². The molecule has 2 atom stereocenters. The number of carbonyl (C=O) groups is 1. The highest BCUT2D eigenvalue weighted by atomic mass is 32.2. The van der Waals surface area contributed by atoms with E-state index in [4.69, 9.17) is 4.78 Å². The average molecular weight is 190 g/mol. The molecule has 0 saturated carbocycles. The molecule has 1 rings (SSSR count). The number of hydrogen-bond donors (Lipinski definition) is 2. The van der Waals surface area contributed by atoms with E-state index in [1.54, 1.807) is 6.92 Å². The molecule has 0 aromatic carbocycles. The van der Waals surface area contributed by atoms with Gasteiger partial charge in [-0.3, -0.25) is 9.57 Å². The highest BCUT2D eigenvalue weighted by molar-refractivity contribution is 7.92. The lowest BCUT2D eigenvalue weighted by Crippen LogP contribution is -2.32. The Labute approximate surface area is 72.7 Å². The highest BCUT2D eigenvalue weighted by Crippen LogP contribution is 2.09. The predicted molar refractivity (Wildman–Crippen MR) is 47.4 cm³/mol. The fourth-order valence-electron chi connectivity index (χ4n) is 1.25. The van der Waals surface area contributed by atoms with Crippen LogP contribution in [0.4, 0.5) is 0 Å². The van der Waals surface area contributed by atoms with Gasteiger partial charge in [-0.15, -0.1) is 0 Å². The van der Waals surface area contributed by atoms with Gasteiger partial charge >= 0.3 is 0 Å². The Morgan fingerprint density at radius 2 is 2.42 bits per heavy atom. The number of carbonyl (C=O) groups excluding carboxylic acids is 1. The van der Waals surface area contributed by atoms with Gasteiger partial charge in [0.2, 0.25) is 5.91 Å². The van der Waals surface area contributed by atoms with Gasteiger partial charge in [0, 0.05) is 27.9 Å². The molecule has 0 bridgehead atoms. The van der Waals surface area contributed by atoms with Crippen LogP contribution in [-0.4, -0.2) is 27.7 Å². The van der Waals surface area contributed by atoms with E-state index in [2.05, 4.69) is 5.32 Å². The van der Waals surface area contributed by atoms with Gasteiger partial charge in [-0.1, -0.05) is 6.92 Å². The first-order valence-corrected chi connectivity index (χ1v) is 5.96. The molecule has 5 heteroatoms. The van der Waals surface area contributed by atoms with Crippen molar-refractivity contribution in [2.45, 2.75) is 25.8 Å². The summed E-state index contributed by atoms with van der Waals surface area (Å²) in [5.74, 6) is 0.709. The first-order chi connectivity index (χ1) is 5.53. The van der Waals surface area contributed by atoms with Crippen molar-refractivity contribution in [1.29, 1.82) is 4.78 Å². The maximum atomic E-state index is 11.3. The summed E-state index contributed by atoms with van der Waals surface area (Å²) in [5, 5.41) is 2.71. The largest absolute Gasteiger partial charge is 0.352 e. The van der Waals surface area contributed by atoms with Gasteiger partial charge in [0.15, 0.2) is 0 Å². The summed E-state index contributed by atoms with van der Waals surface area (Å²) in [6.45, 7) is 1.74. The summed E-state index contributed by atoms with van der Waals surface area (Å²) in [7, 11) is -2.44. The minimum absolute atomic E-state index is 0.0197. The molecular formula is C7H14N2O2S. The molecule has 1 fully saturated rings. The van der Waals surface area contributed by atoms with Crippen LogP contribution in [0, 0.1) is 4.78 Å². The Bertz CT molecular complexity index is 271. The zero-order chi connectivity index (χ0) is 9.19. The molecule has 1 unspecified atom stereocenters. The Kier molecular flexibility index (Phi) is 2.72. The minimum atomic E-state index is -2.44. The van der Waals surface area contributed by atoms with Crippen LogP contribution in [0.15, 0.2) is 0 Å². The molecule has 0 radical (unpaired) electrons. The van der Waals surface area contributed by atoms with E-state index in [1.165, 1.54) is 0 Å². The Morgan fingerprint density at radius 1 is 1.75 bits per heavy atom. The lowest BCUT2D eigenvalue weighted by molar-refractivity contribution is -0.119. The van der Waals surface area contributed by atoms with Gasteiger partial charge in [0.25, 0.3) is 0 Å². The van der Waals surface area contributed by atoms with Gasteiger partial charge in [0.05, 0.1) is 5.75 Å². The summed E-state index contributed by atoms with van der Waals surface area (Å²) >= 11 is 0. The highest BCUT2D eigenvalue weighted by Gasteiger charge is 2.23. The molecule has 0 aromatic rings. The van der Waals surface area contributed by atoms with Crippen LogP contribution in [0.5, 0.6) is 0 Å². The molecule has 70 valence electrons. The van der Waals surface area contributed by atoms with E-state index < -0.39 is 9.73 Å². The molecule has 0 spiro atoms. The maximum absolute atomic E-state index is 11.3. The van der Waals surface area contributed by atoms with Crippen molar-refractivity contribution in [3.05, 3.63) is 0 Å². The van der Waals surface area contributed by atoms with E-state index in [0.717, 1.165) is 6.42 Å². The van der Waals surface area contributed by atoms with Gasteiger partial charge in [-0.05, 0) is 6.42 Å². The van der Waals surface area contributed by atoms with Gasteiger partial charge < -0.3 is 5.32 Å². The van der Waals surface area contributed by atoms with Crippen LogP contribution >= 0.6 is 0 Å². The topological polar surface area (TPSA) is 70.0 Å². The van der Waals surface area contributed by atoms with Crippen LogP contribution < -0.4 is 5.32 Å². The first-order valence-electron chi connectivity index (χ1n) is 4.07. The van der Waals surface area contributed by atoms with Crippen LogP contribution in [-0.2, 0) is 14.5 Å². The minimum Gasteiger partial charge on any atom is -0.352 e. The molecule has 0 aromatic heterocycles. The quantitative estimate of drug-likeness (QED) is 0.673. The molecular weight excluding hydrogens is 176 g/mol. The Morgan fingerprint density at radius 3 is 2.83 bits per heavy atom. The van der Waals surface area contributed by atoms with Gasteiger partial charge in [-0.25, -0.2) is 4.21 Å².